The average Bonchev–Trinajstić information content (AvgIpc) is 2.17. The van der Waals surface area contributed by atoms with Crippen LogP contribution >= 0.6 is 0 Å². The lowest BCUT2D eigenvalue weighted by molar-refractivity contribution is 1.16. The molecule has 12 heavy (non-hydrogen) atoms. The van der Waals surface area contributed by atoms with Gasteiger partial charge >= 0.3 is 0 Å². The summed E-state index contributed by atoms with van der Waals surface area (Å²) >= 11 is 0. The van der Waals surface area contributed by atoms with Crippen molar-refractivity contribution in [2.45, 2.75) is 13.3 Å². The highest BCUT2D eigenvalue weighted by molar-refractivity contribution is 5.84. The predicted octanol–water partition coefficient (Wildman–Crippen LogP) is 2.80. The van der Waals surface area contributed by atoms with Crippen LogP contribution in [0.2, 0.25) is 0 Å². The van der Waals surface area contributed by atoms with Crippen molar-refractivity contribution in [3.05, 3.63) is 42.2 Å². The summed E-state index contributed by atoms with van der Waals surface area (Å²) in [4.78, 5) is 4.09. The molecule has 0 aliphatic carbocycles. The van der Waals surface area contributed by atoms with Gasteiger partial charge in [0.05, 0.1) is 0 Å². The molecule has 0 aliphatic heterocycles. The zero-order chi connectivity index (χ0) is 8.39. The molecule has 60 valence electrons. The maximum absolute atomic E-state index is 4.09. The third-order valence-electron chi connectivity index (χ3n) is 2.15. The van der Waals surface area contributed by atoms with Crippen molar-refractivity contribution < 1.29 is 0 Å². The van der Waals surface area contributed by atoms with Crippen LogP contribution in [-0.4, -0.2) is 4.98 Å². The van der Waals surface area contributed by atoms with Gasteiger partial charge in [0, 0.05) is 17.8 Å². The van der Waals surface area contributed by atoms with Crippen LogP contribution in [0, 0.1) is 0 Å². The Labute approximate surface area is 72.1 Å². The lowest BCUT2D eigenvalue weighted by Gasteiger charge is -2.01. The van der Waals surface area contributed by atoms with Crippen LogP contribution in [0.3, 0.4) is 0 Å². The number of fused-ring (bicyclic) bond motifs is 1. The van der Waals surface area contributed by atoms with E-state index in [1.807, 2.05) is 12.4 Å². The Morgan fingerprint density at radius 1 is 1.25 bits per heavy atom. The minimum absolute atomic E-state index is 1.08. The molecule has 0 saturated carbocycles. The van der Waals surface area contributed by atoms with Crippen LogP contribution in [0.1, 0.15) is 12.5 Å². The van der Waals surface area contributed by atoms with Gasteiger partial charge in [0.15, 0.2) is 0 Å². The summed E-state index contributed by atoms with van der Waals surface area (Å²) in [5.41, 5.74) is 1.40. The summed E-state index contributed by atoms with van der Waals surface area (Å²) in [5.74, 6) is 0. The average molecular weight is 157 g/mol. The highest BCUT2D eigenvalue weighted by atomic mass is 14.6. The van der Waals surface area contributed by atoms with Crippen molar-refractivity contribution in [2.75, 3.05) is 0 Å². The Kier molecular flexibility index (Phi) is 1.78. The summed E-state index contributed by atoms with van der Waals surface area (Å²) in [7, 11) is 0. The van der Waals surface area contributed by atoms with Crippen LogP contribution in [0.25, 0.3) is 10.8 Å². The van der Waals surface area contributed by atoms with Crippen LogP contribution in [0.5, 0.6) is 0 Å². The van der Waals surface area contributed by atoms with Gasteiger partial charge in [-0.2, -0.15) is 0 Å². The molecule has 0 atom stereocenters. The molecule has 0 bridgehead atoms. The van der Waals surface area contributed by atoms with Gasteiger partial charge in [0.2, 0.25) is 0 Å². The first-order valence-electron chi connectivity index (χ1n) is 4.23. The molecule has 2 rings (SSSR count). The quantitative estimate of drug-likeness (QED) is 0.620. The molecule has 0 saturated heterocycles. The summed E-state index contributed by atoms with van der Waals surface area (Å²) in [5, 5.41) is 2.56. The maximum Gasteiger partial charge on any atom is 0.0346 e. The molecular weight excluding hydrogens is 146 g/mol. The Morgan fingerprint density at radius 2 is 2.17 bits per heavy atom. The molecule has 1 heteroatoms. The smallest absolute Gasteiger partial charge is 0.0346 e. The summed E-state index contributed by atoms with van der Waals surface area (Å²) in [6, 6.07) is 8.43. The Balaban J connectivity index is 2.79. The molecule has 0 fully saturated rings. The molecule has 1 aromatic carbocycles. The largest absolute Gasteiger partial charge is 0.264 e. The normalized spacial score (nSPS) is 10.4. The second kappa shape index (κ2) is 2.94. The van der Waals surface area contributed by atoms with Crippen molar-refractivity contribution in [1.82, 2.24) is 4.98 Å². The van der Waals surface area contributed by atoms with Gasteiger partial charge in [-0.3, -0.25) is 4.98 Å². The van der Waals surface area contributed by atoms with E-state index in [2.05, 4.69) is 36.2 Å². The fraction of sp³-hybridized carbons (Fsp3) is 0.182. The fourth-order valence-electron chi connectivity index (χ4n) is 1.50. The first-order valence-corrected chi connectivity index (χ1v) is 4.23. The van der Waals surface area contributed by atoms with Crippen LogP contribution in [0.4, 0.5) is 0 Å². The van der Waals surface area contributed by atoms with Crippen molar-refractivity contribution in [2.24, 2.45) is 0 Å². The first kappa shape index (κ1) is 7.29. The zero-order valence-electron chi connectivity index (χ0n) is 7.12. The number of aryl methyl sites for hydroxylation is 1. The van der Waals surface area contributed by atoms with E-state index in [4.69, 9.17) is 0 Å². The van der Waals surface area contributed by atoms with Gasteiger partial charge in [-0.1, -0.05) is 25.1 Å². The summed E-state index contributed by atoms with van der Waals surface area (Å²) < 4.78 is 0. The SMILES string of the molecule is CCc1cccc2cnccc12. The molecule has 1 heterocycles. The number of rotatable bonds is 1. The van der Waals surface area contributed by atoms with E-state index in [0.29, 0.717) is 0 Å². The maximum atomic E-state index is 4.09. The fourth-order valence-corrected chi connectivity index (χ4v) is 1.50. The minimum Gasteiger partial charge on any atom is -0.264 e. The van der Waals surface area contributed by atoms with Gasteiger partial charge in [-0.15, -0.1) is 0 Å². The molecule has 1 nitrogen and oxygen atoms in total. The van der Waals surface area contributed by atoms with Crippen molar-refractivity contribution in [3.63, 3.8) is 0 Å². The lowest BCUT2D eigenvalue weighted by atomic mass is 10.1. The van der Waals surface area contributed by atoms with E-state index < -0.39 is 0 Å². The van der Waals surface area contributed by atoms with Gasteiger partial charge in [-0.25, -0.2) is 0 Å². The molecular formula is C11H11N. The van der Waals surface area contributed by atoms with Crippen LogP contribution in [-0.2, 0) is 6.42 Å². The monoisotopic (exact) mass is 157 g/mol. The molecule has 0 N–H and O–H groups in total. The zero-order valence-corrected chi connectivity index (χ0v) is 7.12. The minimum atomic E-state index is 1.08. The van der Waals surface area contributed by atoms with Crippen LogP contribution < -0.4 is 0 Å². The van der Waals surface area contributed by atoms with Gasteiger partial charge < -0.3 is 0 Å². The number of benzene rings is 1. The summed E-state index contributed by atoms with van der Waals surface area (Å²) in [6.45, 7) is 2.18. The van der Waals surface area contributed by atoms with Gasteiger partial charge in [-0.05, 0) is 23.4 Å². The first-order chi connectivity index (χ1) is 5.92. The van der Waals surface area contributed by atoms with E-state index in [0.717, 1.165) is 6.42 Å². The standard InChI is InChI=1S/C11H11N/c1-2-9-4-3-5-10-8-12-7-6-11(9)10/h3-8H,2H2,1H3. The van der Waals surface area contributed by atoms with Crippen molar-refractivity contribution >= 4 is 10.8 Å². The van der Waals surface area contributed by atoms with Crippen molar-refractivity contribution in [1.29, 1.82) is 0 Å². The van der Waals surface area contributed by atoms with E-state index in [1.165, 1.54) is 16.3 Å². The van der Waals surface area contributed by atoms with Gasteiger partial charge in [0.25, 0.3) is 0 Å². The number of hydrogen-bond acceptors (Lipinski definition) is 1. The summed E-state index contributed by atoms with van der Waals surface area (Å²) in [6.07, 6.45) is 4.84. The van der Waals surface area contributed by atoms with E-state index in [9.17, 15) is 0 Å². The second-order valence-electron chi connectivity index (χ2n) is 2.87. The second-order valence-corrected chi connectivity index (χ2v) is 2.87. The van der Waals surface area contributed by atoms with Gasteiger partial charge in [0.1, 0.15) is 0 Å². The molecule has 0 amide bonds. The highest BCUT2D eigenvalue weighted by Gasteiger charge is 1.96. The lowest BCUT2D eigenvalue weighted by Crippen LogP contribution is -1.83. The van der Waals surface area contributed by atoms with E-state index in [1.54, 1.807) is 0 Å². The molecule has 0 radical (unpaired) electrons. The van der Waals surface area contributed by atoms with E-state index in [-0.39, 0.29) is 0 Å². The molecule has 0 unspecified atom stereocenters. The van der Waals surface area contributed by atoms with E-state index >= 15 is 0 Å². The Hall–Kier alpha value is -1.37. The number of aromatic nitrogens is 1. The highest BCUT2D eigenvalue weighted by Crippen LogP contribution is 2.17. The molecule has 0 aliphatic rings. The molecule has 0 spiro atoms. The number of nitrogens with zero attached hydrogens (tertiary/aromatic N) is 1. The molecule has 2 aromatic rings. The third kappa shape index (κ3) is 1.07. The number of hydrogen-bond donors (Lipinski definition) is 0. The molecule has 1 aromatic heterocycles. The van der Waals surface area contributed by atoms with Crippen LogP contribution in [0.15, 0.2) is 36.7 Å². The van der Waals surface area contributed by atoms with Crippen molar-refractivity contribution in [3.8, 4) is 0 Å². The Morgan fingerprint density at radius 3 is 3.00 bits per heavy atom. The predicted molar refractivity (Wildman–Crippen MR) is 51.1 cm³/mol. The number of pyridine rings is 1. The topological polar surface area (TPSA) is 12.9 Å². The third-order valence-corrected chi connectivity index (χ3v) is 2.15. The Bertz CT molecular complexity index is 388.